The normalized spacial score (nSPS) is 13.4. The number of terminal acetylenes is 1. The van der Waals surface area contributed by atoms with Crippen LogP contribution in [-0.4, -0.2) is 5.11 Å². The fraction of sp³-hybridized carbons (Fsp3) is 0.125. The van der Waals surface area contributed by atoms with E-state index in [1.165, 1.54) is 0 Å². The van der Waals surface area contributed by atoms with Crippen LogP contribution in [0.3, 0.4) is 0 Å². The van der Waals surface area contributed by atoms with Gasteiger partial charge in [0.15, 0.2) is 0 Å². The lowest BCUT2D eigenvalue weighted by Gasteiger charge is -2.17. The van der Waals surface area contributed by atoms with Gasteiger partial charge in [-0.15, -0.1) is 6.42 Å². The number of ether oxygens (including phenoxy) is 1. The van der Waals surface area contributed by atoms with Crippen LogP contribution in [-0.2, 0) is 5.60 Å². The molecule has 0 fully saturated rings. The van der Waals surface area contributed by atoms with Crippen molar-refractivity contribution in [2.45, 2.75) is 12.5 Å². The molecular formula is C16H13BrO2. The van der Waals surface area contributed by atoms with Crippen molar-refractivity contribution in [1.82, 2.24) is 0 Å². The van der Waals surface area contributed by atoms with Crippen molar-refractivity contribution < 1.29 is 9.84 Å². The fourth-order valence-electron chi connectivity index (χ4n) is 1.60. The molecule has 0 radical (unpaired) electrons. The number of hydrogen-bond donors (Lipinski definition) is 1. The minimum atomic E-state index is -1.26. The smallest absolute Gasteiger partial charge is 0.147 e. The summed E-state index contributed by atoms with van der Waals surface area (Å²) in [4.78, 5) is 0. The van der Waals surface area contributed by atoms with Crippen LogP contribution in [0.2, 0.25) is 0 Å². The summed E-state index contributed by atoms with van der Waals surface area (Å²) in [7, 11) is 0. The summed E-state index contributed by atoms with van der Waals surface area (Å²) in [6, 6.07) is 14.7. The Kier molecular flexibility index (Phi) is 3.94. The van der Waals surface area contributed by atoms with Crippen molar-refractivity contribution in [1.29, 1.82) is 0 Å². The standard InChI is InChI=1S/C16H13BrO2/c1-3-16(2,18)12-7-9-14(10-8-12)19-15-6-4-5-13(17)11-15/h1,4-11,18H,2H3. The number of hydrogen-bond acceptors (Lipinski definition) is 2. The van der Waals surface area contributed by atoms with E-state index in [9.17, 15) is 5.11 Å². The molecule has 0 aliphatic rings. The summed E-state index contributed by atoms with van der Waals surface area (Å²) in [6.07, 6.45) is 5.28. The van der Waals surface area contributed by atoms with Crippen molar-refractivity contribution in [3.63, 3.8) is 0 Å². The van der Waals surface area contributed by atoms with Crippen molar-refractivity contribution in [2.75, 3.05) is 0 Å². The lowest BCUT2D eigenvalue weighted by atomic mass is 9.97. The summed E-state index contributed by atoms with van der Waals surface area (Å²) < 4.78 is 6.65. The molecule has 0 saturated heterocycles. The molecule has 0 spiro atoms. The second kappa shape index (κ2) is 5.48. The Morgan fingerprint density at radius 1 is 1.16 bits per heavy atom. The zero-order chi connectivity index (χ0) is 13.9. The summed E-state index contributed by atoms with van der Waals surface area (Å²) in [6.45, 7) is 1.58. The van der Waals surface area contributed by atoms with Crippen molar-refractivity contribution in [2.24, 2.45) is 0 Å². The van der Waals surface area contributed by atoms with E-state index in [2.05, 4.69) is 21.9 Å². The Morgan fingerprint density at radius 2 is 1.84 bits per heavy atom. The van der Waals surface area contributed by atoms with Crippen LogP contribution in [0, 0.1) is 12.3 Å². The predicted octanol–water partition coefficient (Wildman–Crippen LogP) is 4.08. The highest BCUT2D eigenvalue weighted by Gasteiger charge is 2.19. The Labute approximate surface area is 121 Å². The van der Waals surface area contributed by atoms with E-state index in [-0.39, 0.29) is 0 Å². The van der Waals surface area contributed by atoms with Crippen LogP contribution < -0.4 is 4.74 Å². The van der Waals surface area contributed by atoms with Gasteiger partial charge in [-0.2, -0.15) is 0 Å². The van der Waals surface area contributed by atoms with Gasteiger partial charge >= 0.3 is 0 Å². The molecule has 0 aliphatic carbocycles. The maximum absolute atomic E-state index is 9.93. The number of rotatable bonds is 3. The van der Waals surface area contributed by atoms with Gasteiger partial charge in [0.25, 0.3) is 0 Å². The van der Waals surface area contributed by atoms with E-state index in [1.807, 2.05) is 24.3 Å². The predicted molar refractivity (Wildman–Crippen MR) is 79.1 cm³/mol. The fourth-order valence-corrected chi connectivity index (χ4v) is 1.98. The monoisotopic (exact) mass is 316 g/mol. The average Bonchev–Trinajstić information content (AvgIpc) is 2.39. The summed E-state index contributed by atoms with van der Waals surface area (Å²) >= 11 is 3.39. The number of halogens is 1. The van der Waals surface area contributed by atoms with Gasteiger partial charge in [-0.05, 0) is 42.8 Å². The molecule has 1 N–H and O–H groups in total. The molecule has 0 heterocycles. The highest BCUT2D eigenvalue weighted by molar-refractivity contribution is 9.10. The van der Waals surface area contributed by atoms with Crippen molar-refractivity contribution in [3.05, 3.63) is 58.6 Å². The van der Waals surface area contributed by atoms with Crippen LogP contribution in [0.1, 0.15) is 12.5 Å². The Bertz CT molecular complexity index is 609. The van der Waals surface area contributed by atoms with E-state index in [0.29, 0.717) is 11.3 Å². The topological polar surface area (TPSA) is 29.5 Å². The highest BCUT2D eigenvalue weighted by Crippen LogP contribution is 2.27. The molecule has 2 aromatic rings. The molecule has 2 rings (SSSR count). The first kappa shape index (κ1) is 13.7. The molecule has 0 saturated carbocycles. The minimum absolute atomic E-state index is 0.664. The van der Waals surface area contributed by atoms with Crippen LogP contribution in [0.5, 0.6) is 11.5 Å². The SMILES string of the molecule is C#CC(C)(O)c1ccc(Oc2cccc(Br)c2)cc1. The number of benzene rings is 2. The first-order chi connectivity index (χ1) is 9.01. The molecule has 0 aromatic heterocycles. The van der Waals surface area contributed by atoms with Gasteiger partial charge in [0.05, 0.1) is 0 Å². The van der Waals surface area contributed by atoms with E-state index in [0.717, 1.165) is 10.2 Å². The van der Waals surface area contributed by atoms with Gasteiger partial charge in [0, 0.05) is 4.47 Å². The molecule has 0 amide bonds. The summed E-state index contributed by atoms with van der Waals surface area (Å²) in [5.41, 5.74) is -0.592. The zero-order valence-electron chi connectivity index (χ0n) is 10.4. The van der Waals surface area contributed by atoms with Crippen LogP contribution >= 0.6 is 15.9 Å². The first-order valence-corrected chi connectivity index (χ1v) is 6.55. The molecule has 2 aromatic carbocycles. The van der Waals surface area contributed by atoms with E-state index >= 15 is 0 Å². The third-order valence-corrected chi connectivity index (χ3v) is 3.22. The highest BCUT2D eigenvalue weighted by atomic mass is 79.9. The average molecular weight is 317 g/mol. The molecule has 1 atom stereocenters. The van der Waals surface area contributed by atoms with E-state index in [4.69, 9.17) is 11.2 Å². The van der Waals surface area contributed by atoms with Gasteiger partial charge in [-0.25, -0.2) is 0 Å². The molecule has 2 nitrogen and oxygen atoms in total. The second-order valence-corrected chi connectivity index (χ2v) is 5.22. The van der Waals surface area contributed by atoms with Gasteiger partial charge in [-0.1, -0.05) is 40.0 Å². The molecule has 19 heavy (non-hydrogen) atoms. The van der Waals surface area contributed by atoms with Crippen LogP contribution in [0.25, 0.3) is 0 Å². The van der Waals surface area contributed by atoms with Gasteiger partial charge < -0.3 is 9.84 Å². The maximum Gasteiger partial charge on any atom is 0.147 e. The minimum Gasteiger partial charge on any atom is -0.457 e. The van der Waals surface area contributed by atoms with Crippen molar-refractivity contribution in [3.8, 4) is 23.8 Å². The van der Waals surface area contributed by atoms with E-state index < -0.39 is 5.60 Å². The first-order valence-electron chi connectivity index (χ1n) is 5.75. The van der Waals surface area contributed by atoms with Crippen LogP contribution in [0.4, 0.5) is 0 Å². The third kappa shape index (κ3) is 3.37. The summed E-state index contributed by atoms with van der Waals surface area (Å²) in [5, 5.41) is 9.93. The largest absolute Gasteiger partial charge is 0.457 e. The Balaban J connectivity index is 2.18. The lowest BCUT2D eigenvalue weighted by molar-refractivity contribution is 0.122. The zero-order valence-corrected chi connectivity index (χ0v) is 12.0. The quantitative estimate of drug-likeness (QED) is 0.864. The van der Waals surface area contributed by atoms with Gasteiger partial charge in [-0.3, -0.25) is 0 Å². The second-order valence-electron chi connectivity index (χ2n) is 4.30. The molecule has 0 aliphatic heterocycles. The number of aliphatic hydroxyl groups is 1. The summed E-state index contributed by atoms with van der Waals surface area (Å²) in [5.74, 6) is 3.77. The van der Waals surface area contributed by atoms with Crippen molar-refractivity contribution >= 4 is 15.9 Å². The molecule has 0 bridgehead atoms. The van der Waals surface area contributed by atoms with Crippen LogP contribution in [0.15, 0.2) is 53.0 Å². The van der Waals surface area contributed by atoms with Gasteiger partial charge in [0.2, 0.25) is 0 Å². The lowest BCUT2D eigenvalue weighted by Crippen LogP contribution is -2.17. The molecular weight excluding hydrogens is 304 g/mol. The molecule has 3 heteroatoms. The third-order valence-electron chi connectivity index (χ3n) is 2.73. The Hall–Kier alpha value is -1.76. The molecule has 96 valence electrons. The Morgan fingerprint density at radius 3 is 2.42 bits per heavy atom. The maximum atomic E-state index is 9.93. The van der Waals surface area contributed by atoms with E-state index in [1.54, 1.807) is 31.2 Å². The molecule has 1 unspecified atom stereocenters. The van der Waals surface area contributed by atoms with Gasteiger partial charge in [0.1, 0.15) is 17.1 Å².